The van der Waals surface area contributed by atoms with Crippen LogP contribution in [0.15, 0.2) is 18.2 Å². The fourth-order valence-electron chi connectivity index (χ4n) is 1.47. The minimum Gasteiger partial charge on any atom is -0.390 e. The molecule has 2 atom stereocenters. The molecule has 0 saturated heterocycles. The van der Waals surface area contributed by atoms with E-state index in [1.54, 1.807) is 0 Å². The van der Waals surface area contributed by atoms with Crippen LogP contribution in [0.2, 0.25) is 0 Å². The summed E-state index contributed by atoms with van der Waals surface area (Å²) in [5.41, 5.74) is 0.607. The van der Waals surface area contributed by atoms with E-state index in [-0.39, 0.29) is 6.42 Å². The minimum atomic E-state index is -1.11. The number of benzene rings is 1. The van der Waals surface area contributed by atoms with Crippen molar-refractivity contribution < 1.29 is 14.6 Å². The zero-order chi connectivity index (χ0) is 12.8. The summed E-state index contributed by atoms with van der Waals surface area (Å²) in [4.78, 5) is 0. The van der Waals surface area contributed by atoms with Crippen LogP contribution in [0.1, 0.15) is 23.7 Å². The molecular formula is C12H13BrFNO2. The highest BCUT2D eigenvalue weighted by Gasteiger charge is 2.18. The molecule has 0 amide bonds. The van der Waals surface area contributed by atoms with Gasteiger partial charge in [0.25, 0.3) is 0 Å². The quantitative estimate of drug-likeness (QED) is 0.818. The van der Waals surface area contributed by atoms with E-state index < -0.39 is 18.0 Å². The molecule has 0 radical (unpaired) electrons. The highest BCUT2D eigenvalue weighted by atomic mass is 79.9. The lowest BCUT2D eigenvalue weighted by Crippen LogP contribution is -2.18. The highest BCUT2D eigenvalue weighted by Crippen LogP contribution is 2.22. The predicted molar refractivity (Wildman–Crippen MR) is 65.1 cm³/mol. The van der Waals surface area contributed by atoms with E-state index in [2.05, 4.69) is 15.9 Å². The Morgan fingerprint density at radius 1 is 1.41 bits per heavy atom. The van der Waals surface area contributed by atoms with E-state index >= 15 is 0 Å². The van der Waals surface area contributed by atoms with Crippen molar-refractivity contribution >= 4 is 15.9 Å². The van der Waals surface area contributed by atoms with Crippen LogP contribution in [0, 0.1) is 17.1 Å². The molecule has 0 saturated carbocycles. The Kier molecular flexibility index (Phi) is 5.56. The van der Waals surface area contributed by atoms with Gasteiger partial charge in [-0.25, -0.2) is 4.39 Å². The SMILES string of the molecule is N#CCc1ccc(C(O)C(O)CCBr)cc1F. The Balaban J connectivity index is 2.86. The van der Waals surface area contributed by atoms with E-state index in [1.807, 2.05) is 6.07 Å². The molecule has 92 valence electrons. The first-order chi connectivity index (χ1) is 8.10. The molecule has 5 heteroatoms. The Morgan fingerprint density at radius 3 is 2.65 bits per heavy atom. The van der Waals surface area contributed by atoms with Crippen molar-refractivity contribution in [3.05, 3.63) is 35.1 Å². The fourth-order valence-corrected chi connectivity index (χ4v) is 1.94. The van der Waals surface area contributed by atoms with Crippen molar-refractivity contribution in [3.63, 3.8) is 0 Å². The first-order valence-electron chi connectivity index (χ1n) is 5.17. The lowest BCUT2D eigenvalue weighted by Gasteiger charge is -2.17. The molecule has 1 rings (SSSR count). The van der Waals surface area contributed by atoms with Gasteiger partial charge in [-0.2, -0.15) is 5.26 Å². The van der Waals surface area contributed by atoms with Crippen LogP contribution in [-0.2, 0) is 6.42 Å². The average Bonchev–Trinajstić information content (AvgIpc) is 2.31. The van der Waals surface area contributed by atoms with Gasteiger partial charge in [0.15, 0.2) is 0 Å². The molecule has 0 aliphatic heterocycles. The van der Waals surface area contributed by atoms with Crippen molar-refractivity contribution in [1.82, 2.24) is 0 Å². The van der Waals surface area contributed by atoms with Gasteiger partial charge in [-0.05, 0) is 18.1 Å². The van der Waals surface area contributed by atoms with Crippen LogP contribution in [0.5, 0.6) is 0 Å². The number of nitriles is 1. The zero-order valence-electron chi connectivity index (χ0n) is 9.11. The standard InChI is InChI=1S/C12H13BrFNO2/c13-5-3-11(16)12(17)9-2-1-8(4-6-15)10(14)7-9/h1-2,7,11-12,16-17H,3-5H2. The highest BCUT2D eigenvalue weighted by molar-refractivity contribution is 9.09. The normalized spacial score (nSPS) is 14.1. The maximum Gasteiger partial charge on any atom is 0.127 e. The number of aliphatic hydroxyl groups excluding tert-OH is 2. The molecular weight excluding hydrogens is 289 g/mol. The van der Waals surface area contributed by atoms with Crippen LogP contribution in [0.25, 0.3) is 0 Å². The maximum absolute atomic E-state index is 13.5. The van der Waals surface area contributed by atoms with E-state index in [0.717, 1.165) is 6.07 Å². The topological polar surface area (TPSA) is 64.2 Å². The van der Waals surface area contributed by atoms with Gasteiger partial charge in [-0.3, -0.25) is 0 Å². The molecule has 0 spiro atoms. The summed E-state index contributed by atoms with van der Waals surface area (Å²) in [7, 11) is 0. The molecule has 0 bridgehead atoms. The Hall–Kier alpha value is -0.960. The summed E-state index contributed by atoms with van der Waals surface area (Å²) in [6.07, 6.45) is -1.68. The van der Waals surface area contributed by atoms with Crippen molar-refractivity contribution in [3.8, 4) is 6.07 Å². The van der Waals surface area contributed by atoms with E-state index in [9.17, 15) is 14.6 Å². The molecule has 0 heterocycles. The average molecular weight is 302 g/mol. The van der Waals surface area contributed by atoms with Crippen molar-refractivity contribution in [1.29, 1.82) is 5.26 Å². The third-order valence-corrected chi connectivity index (χ3v) is 2.92. The monoisotopic (exact) mass is 301 g/mol. The van der Waals surface area contributed by atoms with Crippen LogP contribution in [-0.4, -0.2) is 21.6 Å². The molecule has 17 heavy (non-hydrogen) atoms. The van der Waals surface area contributed by atoms with Crippen LogP contribution in [0.4, 0.5) is 4.39 Å². The predicted octanol–water partition coefficient (Wildman–Crippen LogP) is 2.07. The van der Waals surface area contributed by atoms with Crippen molar-refractivity contribution in [2.75, 3.05) is 5.33 Å². The number of rotatable bonds is 5. The van der Waals surface area contributed by atoms with E-state index in [0.29, 0.717) is 22.9 Å². The molecule has 2 N–H and O–H groups in total. The number of alkyl halides is 1. The summed E-state index contributed by atoms with van der Waals surface area (Å²) in [6.45, 7) is 0. The van der Waals surface area contributed by atoms with Crippen molar-refractivity contribution in [2.45, 2.75) is 25.0 Å². The molecule has 2 unspecified atom stereocenters. The molecule has 0 aliphatic carbocycles. The van der Waals surface area contributed by atoms with Gasteiger partial charge in [-0.15, -0.1) is 0 Å². The molecule has 3 nitrogen and oxygen atoms in total. The molecule has 0 aromatic heterocycles. The second kappa shape index (κ2) is 6.70. The summed E-state index contributed by atoms with van der Waals surface area (Å²) < 4.78 is 13.5. The third-order valence-electron chi connectivity index (χ3n) is 2.46. The fraction of sp³-hybridized carbons (Fsp3) is 0.417. The van der Waals surface area contributed by atoms with Gasteiger partial charge in [0.1, 0.15) is 11.9 Å². The number of hydrogen-bond donors (Lipinski definition) is 2. The molecule has 0 aliphatic rings. The first kappa shape index (κ1) is 14.1. The van der Waals surface area contributed by atoms with Gasteiger partial charge < -0.3 is 10.2 Å². The summed E-state index contributed by atoms with van der Waals surface area (Å²) in [6, 6.07) is 6.00. The lowest BCUT2D eigenvalue weighted by atomic mass is 10.0. The third kappa shape index (κ3) is 3.77. The number of nitrogens with zero attached hydrogens (tertiary/aromatic N) is 1. The van der Waals surface area contributed by atoms with E-state index in [4.69, 9.17) is 5.26 Å². The van der Waals surface area contributed by atoms with Crippen LogP contribution < -0.4 is 0 Å². The second-order valence-corrected chi connectivity index (χ2v) is 4.47. The summed E-state index contributed by atoms with van der Waals surface area (Å²) >= 11 is 3.16. The number of halogens is 2. The number of aliphatic hydroxyl groups is 2. The number of hydrogen-bond acceptors (Lipinski definition) is 3. The summed E-state index contributed by atoms with van der Waals surface area (Å²) in [5, 5.41) is 28.4. The molecule has 1 aromatic carbocycles. The lowest BCUT2D eigenvalue weighted by molar-refractivity contribution is 0.0172. The van der Waals surface area contributed by atoms with Gasteiger partial charge in [0.05, 0.1) is 18.6 Å². The van der Waals surface area contributed by atoms with Gasteiger partial charge in [-0.1, -0.05) is 28.1 Å². The minimum absolute atomic E-state index is 0.00778. The van der Waals surface area contributed by atoms with Gasteiger partial charge in [0, 0.05) is 10.9 Å². The van der Waals surface area contributed by atoms with Gasteiger partial charge in [0.2, 0.25) is 0 Å². The Bertz CT molecular complexity index is 419. The van der Waals surface area contributed by atoms with Crippen LogP contribution in [0.3, 0.4) is 0 Å². The van der Waals surface area contributed by atoms with Gasteiger partial charge >= 0.3 is 0 Å². The Morgan fingerprint density at radius 2 is 2.12 bits per heavy atom. The molecule has 1 aromatic rings. The molecule has 0 fully saturated rings. The van der Waals surface area contributed by atoms with E-state index in [1.165, 1.54) is 12.1 Å². The summed E-state index contributed by atoms with van der Waals surface area (Å²) in [5.74, 6) is -0.533. The maximum atomic E-state index is 13.5. The largest absolute Gasteiger partial charge is 0.390 e. The smallest absolute Gasteiger partial charge is 0.127 e. The second-order valence-electron chi connectivity index (χ2n) is 3.68. The zero-order valence-corrected chi connectivity index (χ0v) is 10.7. The first-order valence-corrected chi connectivity index (χ1v) is 6.29. The van der Waals surface area contributed by atoms with Crippen LogP contribution >= 0.6 is 15.9 Å². The Labute approximate surface area is 108 Å². The van der Waals surface area contributed by atoms with Crippen molar-refractivity contribution in [2.24, 2.45) is 0 Å².